The summed E-state index contributed by atoms with van der Waals surface area (Å²) in [6.45, 7) is 4.33. The Morgan fingerprint density at radius 3 is 2.68 bits per heavy atom. The van der Waals surface area contributed by atoms with Gasteiger partial charge in [0.05, 0.1) is 0 Å². The van der Waals surface area contributed by atoms with Gasteiger partial charge in [0.2, 0.25) is 5.91 Å². The molecule has 4 rings (SSSR count). The van der Waals surface area contributed by atoms with E-state index in [4.69, 9.17) is 0 Å². The Kier molecular flexibility index (Phi) is 4.21. The summed E-state index contributed by atoms with van der Waals surface area (Å²) in [6.07, 6.45) is 4.51. The monoisotopic (exact) mass is 320 g/mol. The molecule has 0 spiro atoms. The van der Waals surface area contributed by atoms with Crippen LogP contribution in [0.25, 0.3) is 0 Å². The van der Waals surface area contributed by atoms with Crippen LogP contribution >= 0.6 is 12.4 Å². The average Bonchev–Trinajstić information content (AvgIpc) is 2.70. The van der Waals surface area contributed by atoms with Gasteiger partial charge in [0.1, 0.15) is 0 Å². The van der Waals surface area contributed by atoms with Crippen molar-refractivity contribution in [2.45, 2.75) is 44.6 Å². The summed E-state index contributed by atoms with van der Waals surface area (Å²) in [5, 5.41) is 0. The highest BCUT2D eigenvalue weighted by Crippen LogP contribution is 2.46. The maximum Gasteiger partial charge on any atom is 0.230 e. The van der Waals surface area contributed by atoms with Crippen LogP contribution in [-0.4, -0.2) is 37.0 Å². The number of piperidine rings is 1. The summed E-state index contributed by atoms with van der Waals surface area (Å²) in [5.74, 6) is 1.18. The van der Waals surface area contributed by atoms with Gasteiger partial charge in [0.15, 0.2) is 0 Å². The number of amides is 1. The second-order valence-corrected chi connectivity index (χ2v) is 7.12. The van der Waals surface area contributed by atoms with Gasteiger partial charge in [0.25, 0.3) is 0 Å². The first-order chi connectivity index (χ1) is 10.1. The van der Waals surface area contributed by atoms with Crippen LogP contribution in [0.3, 0.4) is 0 Å². The Morgan fingerprint density at radius 1 is 1.23 bits per heavy atom. The minimum absolute atomic E-state index is 0. The van der Waals surface area contributed by atoms with Gasteiger partial charge in [-0.3, -0.25) is 4.79 Å². The molecule has 1 saturated carbocycles. The minimum Gasteiger partial charge on any atom is -0.308 e. The lowest BCUT2D eigenvalue weighted by atomic mass is 9.83. The van der Waals surface area contributed by atoms with Crippen molar-refractivity contribution < 1.29 is 4.79 Å². The Bertz CT molecular complexity index is 584. The number of benzene rings is 1. The largest absolute Gasteiger partial charge is 0.308 e. The molecule has 4 heteroatoms. The highest BCUT2D eigenvalue weighted by molar-refractivity contribution is 5.98. The van der Waals surface area contributed by atoms with E-state index in [0.717, 1.165) is 32.4 Å². The number of carbonyl (C=O) groups excluding carboxylic acids is 1. The first-order valence-electron chi connectivity index (χ1n) is 8.27. The minimum atomic E-state index is 0. The average molecular weight is 321 g/mol. The molecule has 1 saturated heterocycles. The molecule has 0 N–H and O–H groups in total. The number of likely N-dealkylation sites (tertiary alicyclic amines) is 1. The Balaban J connectivity index is 0.00000144. The number of hydrogen-bond donors (Lipinski definition) is 0. The third-order valence-corrected chi connectivity index (χ3v) is 5.64. The molecule has 1 aliphatic carbocycles. The van der Waals surface area contributed by atoms with Crippen LogP contribution in [0.1, 0.15) is 42.7 Å². The summed E-state index contributed by atoms with van der Waals surface area (Å²) in [4.78, 5) is 17.5. The maximum atomic E-state index is 12.9. The molecule has 0 radical (unpaired) electrons. The zero-order chi connectivity index (χ0) is 14.6. The van der Waals surface area contributed by atoms with Gasteiger partial charge >= 0.3 is 0 Å². The fourth-order valence-electron chi connectivity index (χ4n) is 4.22. The van der Waals surface area contributed by atoms with Gasteiger partial charge < -0.3 is 9.80 Å². The van der Waals surface area contributed by atoms with Gasteiger partial charge in [-0.05, 0) is 51.4 Å². The molecule has 2 fully saturated rings. The molecule has 2 heterocycles. The molecule has 0 bridgehead atoms. The number of anilines is 1. The predicted molar refractivity (Wildman–Crippen MR) is 91.9 cm³/mol. The number of nitrogens with zero attached hydrogens (tertiary/aromatic N) is 2. The topological polar surface area (TPSA) is 23.6 Å². The van der Waals surface area contributed by atoms with E-state index in [-0.39, 0.29) is 18.3 Å². The predicted octanol–water partition coefficient (Wildman–Crippen LogP) is 3.35. The zero-order valence-electron chi connectivity index (χ0n) is 13.4. The summed E-state index contributed by atoms with van der Waals surface area (Å²) < 4.78 is 0. The molecule has 120 valence electrons. The van der Waals surface area contributed by atoms with Crippen molar-refractivity contribution in [3.8, 4) is 0 Å². The summed E-state index contributed by atoms with van der Waals surface area (Å²) in [6, 6.07) is 7.03. The van der Waals surface area contributed by atoms with E-state index >= 15 is 0 Å². The van der Waals surface area contributed by atoms with Crippen molar-refractivity contribution in [1.29, 1.82) is 0 Å². The number of halogens is 1. The molecule has 3 nitrogen and oxygen atoms in total. The van der Waals surface area contributed by atoms with Gasteiger partial charge in [-0.25, -0.2) is 0 Å². The summed E-state index contributed by atoms with van der Waals surface area (Å²) in [7, 11) is 2.20. The van der Waals surface area contributed by atoms with Crippen molar-refractivity contribution in [2.24, 2.45) is 5.92 Å². The fourth-order valence-corrected chi connectivity index (χ4v) is 4.22. The molecule has 2 unspecified atom stereocenters. The molecule has 1 aromatic carbocycles. The lowest BCUT2D eigenvalue weighted by molar-refractivity contribution is -0.125. The van der Waals surface area contributed by atoms with Crippen molar-refractivity contribution in [1.82, 2.24) is 4.90 Å². The number of carbonyl (C=O) groups is 1. The van der Waals surface area contributed by atoms with Crippen molar-refractivity contribution in [3.63, 3.8) is 0 Å². The molecule has 0 aromatic heterocycles. The molecule has 1 amide bonds. The van der Waals surface area contributed by atoms with Crippen LogP contribution in [0.15, 0.2) is 18.2 Å². The van der Waals surface area contributed by atoms with Crippen molar-refractivity contribution in [3.05, 3.63) is 29.3 Å². The van der Waals surface area contributed by atoms with Crippen LogP contribution < -0.4 is 4.90 Å². The third kappa shape index (κ3) is 2.35. The van der Waals surface area contributed by atoms with E-state index in [0.29, 0.717) is 17.9 Å². The molecule has 22 heavy (non-hydrogen) atoms. The van der Waals surface area contributed by atoms with Crippen molar-refractivity contribution >= 4 is 24.0 Å². The number of rotatable bonds is 1. The van der Waals surface area contributed by atoms with Crippen LogP contribution in [0, 0.1) is 12.8 Å². The lowest BCUT2D eigenvalue weighted by Crippen LogP contribution is -2.49. The lowest BCUT2D eigenvalue weighted by Gasteiger charge is -2.39. The molecule has 1 aromatic rings. The van der Waals surface area contributed by atoms with Crippen LogP contribution in [0.4, 0.5) is 5.69 Å². The smallest absolute Gasteiger partial charge is 0.230 e. The van der Waals surface area contributed by atoms with Gasteiger partial charge in [-0.2, -0.15) is 0 Å². The van der Waals surface area contributed by atoms with Crippen LogP contribution in [0.2, 0.25) is 0 Å². The summed E-state index contributed by atoms with van der Waals surface area (Å²) >= 11 is 0. The first kappa shape index (κ1) is 15.8. The summed E-state index contributed by atoms with van der Waals surface area (Å²) in [5.41, 5.74) is 3.90. The second-order valence-electron chi connectivity index (χ2n) is 7.12. The quantitative estimate of drug-likeness (QED) is 0.792. The first-order valence-corrected chi connectivity index (χ1v) is 8.27. The molecule has 3 aliphatic rings. The number of likely N-dealkylation sites (N-methyl/N-ethyl adjacent to an activating group) is 1. The highest BCUT2D eigenvalue weighted by atomic mass is 35.5. The van der Waals surface area contributed by atoms with E-state index in [1.807, 2.05) is 0 Å². The molecule has 2 aliphatic heterocycles. The zero-order valence-corrected chi connectivity index (χ0v) is 14.2. The molecular weight excluding hydrogens is 296 g/mol. The van der Waals surface area contributed by atoms with Crippen molar-refractivity contribution in [2.75, 3.05) is 25.0 Å². The number of hydrogen-bond acceptors (Lipinski definition) is 2. The fraction of sp³-hybridized carbons (Fsp3) is 0.611. The Hall–Kier alpha value is -1.06. The second kappa shape index (κ2) is 5.86. The van der Waals surface area contributed by atoms with Gasteiger partial charge in [-0.1, -0.05) is 24.1 Å². The standard InChI is InChI=1S/C18H24N2O.ClH/c1-12-6-7-16-14(10-12)15-11-19(2)9-8-17(15)20(16)18(21)13-4-3-5-13;/h6-7,10,13,15,17H,3-5,8-9,11H2,1-2H3;1H. The Morgan fingerprint density at radius 2 is 2.00 bits per heavy atom. The maximum absolute atomic E-state index is 12.9. The van der Waals surface area contributed by atoms with E-state index < -0.39 is 0 Å². The third-order valence-electron chi connectivity index (χ3n) is 5.64. The van der Waals surface area contributed by atoms with Gasteiger partial charge in [-0.15, -0.1) is 12.4 Å². The number of aryl methyl sites for hydroxylation is 1. The highest BCUT2D eigenvalue weighted by Gasteiger charge is 2.45. The molecular formula is C18H25ClN2O. The van der Waals surface area contributed by atoms with Gasteiger partial charge in [0, 0.05) is 30.1 Å². The molecule has 2 atom stereocenters. The Labute approximate surface area is 139 Å². The van der Waals surface area contributed by atoms with E-state index in [9.17, 15) is 4.79 Å². The SMILES string of the molecule is Cc1ccc2c(c1)C1CN(C)CCC1N2C(=O)C1CCC1.Cl. The van der Waals surface area contributed by atoms with Crippen LogP contribution in [-0.2, 0) is 4.79 Å². The van der Waals surface area contributed by atoms with E-state index in [2.05, 4.69) is 42.0 Å². The van der Waals surface area contributed by atoms with E-state index in [1.54, 1.807) is 0 Å². The number of fused-ring (bicyclic) bond motifs is 3. The van der Waals surface area contributed by atoms with Crippen LogP contribution in [0.5, 0.6) is 0 Å². The van der Waals surface area contributed by atoms with E-state index in [1.165, 1.54) is 23.2 Å². The normalized spacial score (nSPS) is 27.6.